The second kappa shape index (κ2) is 47.7. The molecule has 0 spiro atoms. The second-order valence-corrected chi connectivity index (χ2v) is 16.6. The van der Waals surface area contributed by atoms with Crippen LogP contribution in [0.4, 0.5) is 0 Å². The van der Waals surface area contributed by atoms with Crippen LogP contribution in [0.3, 0.4) is 0 Å². The van der Waals surface area contributed by atoms with Crippen molar-refractivity contribution in [3.8, 4) is 0 Å². The molecule has 320 valence electrons. The average molecular weight is 777 g/mol. The Morgan fingerprint density at radius 3 is 1.20 bits per heavy atom. The SMILES string of the molecule is CCCC1CCC(CCC)CC1.CCCCCCCNC(=O)CCC.CCCCNC(=O)CCC.CCCSCCC.CCCc1ccc(CCC)cc1. The first-order chi connectivity index (χ1) is 26.3. The van der Waals surface area contributed by atoms with Gasteiger partial charge in [-0.15, -0.1) is 0 Å². The second-order valence-electron chi connectivity index (χ2n) is 15.4. The number of rotatable bonds is 25. The van der Waals surface area contributed by atoms with Crippen LogP contribution in [0.2, 0.25) is 0 Å². The van der Waals surface area contributed by atoms with E-state index in [-0.39, 0.29) is 11.8 Å². The van der Waals surface area contributed by atoms with Gasteiger partial charge in [-0.25, -0.2) is 0 Å². The Kier molecular flexibility index (Phi) is 50.2. The van der Waals surface area contributed by atoms with Crippen molar-refractivity contribution in [2.24, 2.45) is 11.8 Å². The molecule has 0 bridgehead atoms. The molecule has 1 aromatic rings. The lowest BCUT2D eigenvalue weighted by atomic mass is 9.78. The van der Waals surface area contributed by atoms with Crippen molar-refractivity contribution in [2.45, 2.75) is 230 Å². The third-order valence-electron chi connectivity index (χ3n) is 9.57. The quantitative estimate of drug-likeness (QED) is 0.0972. The first-order valence-electron chi connectivity index (χ1n) is 23.4. The highest BCUT2D eigenvalue weighted by molar-refractivity contribution is 7.99. The van der Waals surface area contributed by atoms with Gasteiger partial charge in [0.25, 0.3) is 0 Å². The minimum Gasteiger partial charge on any atom is -0.356 e. The number of unbranched alkanes of at least 4 members (excludes halogenated alkanes) is 5. The number of benzene rings is 1. The predicted molar refractivity (Wildman–Crippen MR) is 247 cm³/mol. The summed E-state index contributed by atoms with van der Waals surface area (Å²) in [5.41, 5.74) is 2.94. The lowest BCUT2D eigenvalue weighted by Gasteiger charge is -2.27. The summed E-state index contributed by atoms with van der Waals surface area (Å²) in [5, 5.41) is 5.77. The molecule has 1 aliphatic rings. The Labute approximate surface area is 344 Å². The monoisotopic (exact) mass is 777 g/mol. The van der Waals surface area contributed by atoms with E-state index in [1.807, 2.05) is 13.8 Å². The Balaban J connectivity index is -0.000000610. The van der Waals surface area contributed by atoms with E-state index in [0.29, 0.717) is 12.8 Å². The summed E-state index contributed by atoms with van der Waals surface area (Å²) >= 11 is 2.05. The van der Waals surface area contributed by atoms with Gasteiger partial charge in [-0.3, -0.25) is 9.59 Å². The van der Waals surface area contributed by atoms with Crippen LogP contribution in [0.5, 0.6) is 0 Å². The number of hydrogen-bond donors (Lipinski definition) is 2. The van der Waals surface area contributed by atoms with Gasteiger partial charge in [0.2, 0.25) is 11.8 Å². The summed E-state index contributed by atoms with van der Waals surface area (Å²) in [4.78, 5) is 21.8. The van der Waals surface area contributed by atoms with Gasteiger partial charge >= 0.3 is 0 Å². The van der Waals surface area contributed by atoms with Crippen LogP contribution >= 0.6 is 11.8 Å². The fourth-order valence-corrected chi connectivity index (χ4v) is 7.24. The molecule has 5 heteroatoms. The molecule has 1 saturated carbocycles. The highest BCUT2D eigenvalue weighted by Crippen LogP contribution is 2.33. The van der Waals surface area contributed by atoms with E-state index in [2.05, 4.69) is 102 Å². The fraction of sp³-hybridized carbons (Fsp3) is 0.837. The van der Waals surface area contributed by atoms with Crippen LogP contribution in [0.25, 0.3) is 0 Å². The number of hydrogen-bond acceptors (Lipinski definition) is 3. The van der Waals surface area contributed by atoms with E-state index in [4.69, 9.17) is 0 Å². The standard InChI is InChI=1S/C12H24.C12H18.C11H23NO.C8H17NO.C6H14S/c2*1-3-5-11-7-9-12(6-4-2)10-8-11;1-3-5-6-7-8-10-12-11(13)9-4-2;1-3-5-7-9-8(10)6-4-2;1-3-5-7-6-4-2/h11-12H,3-10H2,1-2H3;7-10H,3-6H2,1-2H3;3-10H2,1-2H3,(H,12,13);3-7H2,1-2H3,(H,9,10);3-6H2,1-2H3. The third-order valence-corrected chi connectivity index (χ3v) is 11.0. The van der Waals surface area contributed by atoms with Crippen molar-refractivity contribution < 1.29 is 9.59 Å². The molecule has 1 aliphatic carbocycles. The number of aryl methyl sites for hydroxylation is 2. The van der Waals surface area contributed by atoms with E-state index in [1.165, 1.54) is 138 Å². The molecule has 0 saturated heterocycles. The summed E-state index contributed by atoms with van der Waals surface area (Å²) in [6.45, 7) is 23.6. The Morgan fingerprint density at radius 1 is 0.481 bits per heavy atom. The van der Waals surface area contributed by atoms with Crippen LogP contribution < -0.4 is 10.6 Å². The number of carbonyl (C=O) groups is 2. The highest BCUT2D eigenvalue weighted by Gasteiger charge is 2.19. The van der Waals surface area contributed by atoms with Gasteiger partial charge in [0.1, 0.15) is 0 Å². The van der Waals surface area contributed by atoms with Crippen molar-refractivity contribution >= 4 is 23.6 Å². The minimum atomic E-state index is 0.191. The zero-order chi connectivity index (χ0) is 40.9. The fourth-order valence-electron chi connectivity index (χ4n) is 6.46. The molecular formula is C49H96N2O2S. The molecule has 2 N–H and O–H groups in total. The van der Waals surface area contributed by atoms with Crippen LogP contribution in [-0.4, -0.2) is 36.4 Å². The lowest BCUT2D eigenvalue weighted by molar-refractivity contribution is -0.121. The Bertz CT molecular complexity index is 824. The number of thioether (sulfide) groups is 1. The van der Waals surface area contributed by atoms with E-state index in [0.717, 1.165) is 57.0 Å². The van der Waals surface area contributed by atoms with E-state index in [1.54, 1.807) is 0 Å². The normalized spacial score (nSPS) is 14.4. The molecule has 0 heterocycles. The molecule has 0 aromatic heterocycles. The van der Waals surface area contributed by atoms with E-state index >= 15 is 0 Å². The smallest absolute Gasteiger partial charge is 0.219 e. The molecule has 1 aromatic carbocycles. The molecule has 54 heavy (non-hydrogen) atoms. The van der Waals surface area contributed by atoms with Gasteiger partial charge in [-0.1, -0.05) is 190 Å². The molecule has 2 rings (SSSR count). The maximum Gasteiger partial charge on any atom is 0.219 e. The maximum atomic E-state index is 11.0. The summed E-state index contributed by atoms with van der Waals surface area (Å²) in [6, 6.07) is 9.03. The third kappa shape index (κ3) is 43.2. The maximum absolute atomic E-state index is 11.0. The summed E-state index contributed by atoms with van der Waals surface area (Å²) in [7, 11) is 0. The van der Waals surface area contributed by atoms with Crippen LogP contribution in [-0.2, 0) is 22.4 Å². The predicted octanol–water partition coefficient (Wildman–Crippen LogP) is 15.1. The van der Waals surface area contributed by atoms with Crippen molar-refractivity contribution in [3.05, 3.63) is 35.4 Å². The molecule has 0 aliphatic heterocycles. The lowest BCUT2D eigenvalue weighted by Crippen LogP contribution is -2.23. The first kappa shape index (κ1) is 56.8. The number of nitrogens with one attached hydrogen (secondary N) is 2. The summed E-state index contributed by atoms with van der Waals surface area (Å²) in [5.74, 6) is 5.25. The molecule has 0 unspecified atom stereocenters. The van der Waals surface area contributed by atoms with Crippen molar-refractivity contribution in [3.63, 3.8) is 0 Å². The molecule has 0 atom stereocenters. The first-order valence-corrected chi connectivity index (χ1v) is 24.6. The molecule has 2 amide bonds. The Morgan fingerprint density at radius 2 is 0.870 bits per heavy atom. The number of amides is 2. The van der Waals surface area contributed by atoms with Crippen LogP contribution in [0.1, 0.15) is 228 Å². The minimum absolute atomic E-state index is 0.191. The number of carbonyl (C=O) groups excluding carboxylic acids is 2. The Hall–Kier alpha value is -1.49. The summed E-state index contributed by atoms with van der Waals surface area (Å²) in [6.07, 6.45) is 31.2. The van der Waals surface area contributed by atoms with E-state index in [9.17, 15) is 9.59 Å². The topological polar surface area (TPSA) is 58.2 Å². The van der Waals surface area contributed by atoms with E-state index < -0.39 is 0 Å². The van der Waals surface area contributed by atoms with Crippen LogP contribution in [0, 0.1) is 11.8 Å². The van der Waals surface area contributed by atoms with Crippen molar-refractivity contribution in [1.82, 2.24) is 10.6 Å². The summed E-state index contributed by atoms with van der Waals surface area (Å²) < 4.78 is 0. The van der Waals surface area contributed by atoms with Gasteiger partial charge in [0.15, 0.2) is 0 Å². The molecule has 1 fully saturated rings. The van der Waals surface area contributed by atoms with Gasteiger partial charge in [-0.2, -0.15) is 11.8 Å². The van der Waals surface area contributed by atoms with Crippen molar-refractivity contribution in [1.29, 1.82) is 0 Å². The molecule has 4 nitrogen and oxygen atoms in total. The zero-order valence-electron chi connectivity index (χ0n) is 38.2. The molecular weight excluding hydrogens is 681 g/mol. The van der Waals surface area contributed by atoms with Gasteiger partial charge in [0.05, 0.1) is 0 Å². The van der Waals surface area contributed by atoms with Gasteiger partial charge in [0, 0.05) is 25.9 Å². The van der Waals surface area contributed by atoms with Crippen LogP contribution in [0.15, 0.2) is 24.3 Å². The van der Waals surface area contributed by atoms with Gasteiger partial charge in [-0.05, 0) is 85.8 Å². The largest absolute Gasteiger partial charge is 0.356 e. The van der Waals surface area contributed by atoms with Gasteiger partial charge < -0.3 is 10.6 Å². The average Bonchev–Trinajstić information content (AvgIpc) is 3.17. The zero-order valence-corrected chi connectivity index (χ0v) is 39.0. The molecule has 0 radical (unpaired) electrons. The van der Waals surface area contributed by atoms with Crippen molar-refractivity contribution in [2.75, 3.05) is 24.6 Å². The highest BCUT2D eigenvalue weighted by atomic mass is 32.2.